The van der Waals surface area contributed by atoms with Crippen molar-refractivity contribution in [1.29, 1.82) is 0 Å². The molecule has 0 amide bonds. The Morgan fingerprint density at radius 2 is 1.79 bits per heavy atom. The molecule has 2 aromatic carbocycles. The van der Waals surface area contributed by atoms with Crippen LogP contribution in [0.4, 0.5) is 0 Å². The lowest BCUT2D eigenvalue weighted by atomic mass is 10.0. The number of benzene rings is 2. The maximum Gasteiger partial charge on any atom is 0.338 e. The molecule has 144 valence electrons. The van der Waals surface area contributed by atoms with Gasteiger partial charge < -0.3 is 28.8 Å². The molecule has 7 nitrogen and oxygen atoms in total. The Hall–Kier alpha value is -3.61. The number of aromatic hydroxyl groups is 1. The van der Waals surface area contributed by atoms with Crippen molar-refractivity contribution in [2.45, 2.75) is 0 Å². The number of rotatable bonds is 4. The van der Waals surface area contributed by atoms with Crippen molar-refractivity contribution < 1.29 is 33.6 Å². The molecule has 1 saturated heterocycles. The van der Waals surface area contributed by atoms with Gasteiger partial charge in [0.1, 0.15) is 6.61 Å². The van der Waals surface area contributed by atoms with E-state index in [1.807, 2.05) is 24.3 Å². The molecule has 0 aromatic heterocycles. The molecule has 0 aliphatic carbocycles. The topological polar surface area (TPSA) is 83.5 Å². The molecule has 2 aliphatic heterocycles. The van der Waals surface area contributed by atoms with Gasteiger partial charge in [-0.05, 0) is 47.5 Å². The van der Waals surface area contributed by atoms with Crippen molar-refractivity contribution in [1.82, 2.24) is 0 Å². The Balaban J connectivity index is 1.71. The van der Waals surface area contributed by atoms with Crippen LogP contribution in [0.3, 0.4) is 0 Å². The molecule has 28 heavy (non-hydrogen) atoms. The minimum absolute atomic E-state index is 0.0821. The molecule has 1 N–H and O–H groups in total. The number of ether oxygens (including phenoxy) is 5. The van der Waals surface area contributed by atoms with Gasteiger partial charge in [-0.25, -0.2) is 4.79 Å². The van der Waals surface area contributed by atoms with E-state index >= 15 is 0 Å². The van der Waals surface area contributed by atoms with Crippen molar-refractivity contribution in [2.75, 3.05) is 27.6 Å². The lowest BCUT2D eigenvalue weighted by molar-refractivity contribution is -0.134. The molecule has 2 heterocycles. The highest BCUT2D eigenvalue weighted by molar-refractivity contribution is 6.02. The molecular formula is C21H18O7. The Labute approximate surface area is 161 Å². The summed E-state index contributed by atoms with van der Waals surface area (Å²) in [5.41, 5.74) is 2.57. The number of methoxy groups -OCH3 is 2. The van der Waals surface area contributed by atoms with Crippen molar-refractivity contribution in [3.05, 3.63) is 52.6 Å². The smallest absolute Gasteiger partial charge is 0.338 e. The van der Waals surface area contributed by atoms with Crippen LogP contribution in [0.25, 0.3) is 12.2 Å². The number of phenolic OH excluding ortho intramolecular Hbond substituents is 1. The quantitative estimate of drug-likeness (QED) is 0.642. The minimum Gasteiger partial charge on any atom is -0.504 e. The average molecular weight is 382 g/mol. The van der Waals surface area contributed by atoms with Gasteiger partial charge in [-0.3, -0.25) is 0 Å². The van der Waals surface area contributed by atoms with Gasteiger partial charge in [0.05, 0.1) is 19.8 Å². The second kappa shape index (κ2) is 7.19. The maximum absolute atomic E-state index is 12.2. The molecule has 0 unspecified atom stereocenters. The van der Waals surface area contributed by atoms with Crippen LogP contribution in [-0.4, -0.2) is 38.7 Å². The van der Waals surface area contributed by atoms with Gasteiger partial charge in [-0.2, -0.15) is 0 Å². The first kappa shape index (κ1) is 17.8. The van der Waals surface area contributed by atoms with Crippen molar-refractivity contribution >= 4 is 18.1 Å². The number of cyclic esters (lactones) is 1. The lowest BCUT2D eigenvalue weighted by Gasteiger charge is -2.10. The van der Waals surface area contributed by atoms with Crippen molar-refractivity contribution in [2.24, 2.45) is 0 Å². The van der Waals surface area contributed by atoms with E-state index in [9.17, 15) is 9.90 Å². The molecule has 4 rings (SSSR count). The molecule has 0 spiro atoms. The minimum atomic E-state index is -0.429. The van der Waals surface area contributed by atoms with Gasteiger partial charge in [-0.1, -0.05) is 6.07 Å². The van der Waals surface area contributed by atoms with E-state index in [0.29, 0.717) is 28.4 Å². The maximum atomic E-state index is 12.2. The highest BCUT2D eigenvalue weighted by atomic mass is 16.7. The standard InChI is InChI=1S/C21H18O7/c1-24-19-9-13(7-16(22)20(19)25-2)6-15-14(10-26-21(15)23)5-12-3-4-17-18(8-12)28-11-27-17/h3-9,22H,10-11H2,1-2H3/b14-5-,15-6-. The van der Waals surface area contributed by atoms with E-state index < -0.39 is 5.97 Å². The molecule has 0 atom stereocenters. The Morgan fingerprint density at radius 3 is 2.57 bits per heavy atom. The third-order valence-corrected chi connectivity index (χ3v) is 4.45. The molecule has 0 saturated carbocycles. The summed E-state index contributed by atoms with van der Waals surface area (Å²) in [6.45, 7) is 0.364. The van der Waals surface area contributed by atoms with E-state index in [2.05, 4.69) is 0 Å². The van der Waals surface area contributed by atoms with Crippen molar-refractivity contribution in [3.63, 3.8) is 0 Å². The van der Waals surface area contributed by atoms with Crippen molar-refractivity contribution in [3.8, 4) is 28.7 Å². The fraction of sp³-hybridized carbons (Fsp3) is 0.190. The summed E-state index contributed by atoms with van der Waals surface area (Å²) < 4.78 is 26.3. The molecule has 1 fully saturated rings. The fourth-order valence-corrected chi connectivity index (χ4v) is 3.12. The second-order valence-electron chi connectivity index (χ2n) is 6.19. The third kappa shape index (κ3) is 3.22. The second-order valence-corrected chi connectivity index (χ2v) is 6.19. The zero-order chi connectivity index (χ0) is 19.7. The first-order valence-electron chi connectivity index (χ1n) is 8.53. The average Bonchev–Trinajstić information content (AvgIpc) is 3.29. The zero-order valence-corrected chi connectivity index (χ0v) is 15.4. The molecule has 0 bridgehead atoms. The zero-order valence-electron chi connectivity index (χ0n) is 15.4. The molecule has 2 aromatic rings. The van der Waals surface area contributed by atoms with Gasteiger partial charge in [-0.15, -0.1) is 0 Å². The van der Waals surface area contributed by atoms with Crippen LogP contribution in [0.2, 0.25) is 0 Å². The van der Waals surface area contributed by atoms with E-state index in [1.165, 1.54) is 20.3 Å². The predicted octanol–water partition coefficient (Wildman–Crippen LogP) is 3.16. The van der Waals surface area contributed by atoms with Crippen LogP contribution < -0.4 is 18.9 Å². The highest BCUT2D eigenvalue weighted by Crippen LogP contribution is 2.39. The summed E-state index contributed by atoms with van der Waals surface area (Å²) in [5, 5.41) is 10.1. The SMILES string of the molecule is COc1cc(/C=C2\C(=O)OC\C2=C\c2ccc3c(c2)OCO3)cc(O)c1OC. The summed E-state index contributed by atoms with van der Waals surface area (Å²) >= 11 is 0. The van der Waals surface area contributed by atoms with Crippen LogP contribution in [0.1, 0.15) is 11.1 Å². The number of phenols is 1. The van der Waals surface area contributed by atoms with E-state index in [0.717, 1.165) is 11.1 Å². The predicted molar refractivity (Wildman–Crippen MR) is 101 cm³/mol. The lowest BCUT2D eigenvalue weighted by Crippen LogP contribution is -1.96. The van der Waals surface area contributed by atoms with Crippen LogP contribution in [0.5, 0.6) is 28.7 Å². The number of hydrogen-bond acceptors (Lipinski definition) is 7. The first-order valence-corrected chi connectivity index (χ1v) is 8.53. The number of hydrogen-bond donors (Lipinski definition) is 1. The summed E-state index contributed by atoms with van der Waals surface area (Å²) in [6, 6.07) is 8.72. The first-order chi connectivity index (χ1) is 13.6. The monoisotopic (exact) mass is 382 g/mol. The third-order valence-electron chi connectivity index (χ3n) is 4.45. The Kier molecular flexibility index (Phi) is 4.57. The molecule has 0 radical (unpaired) electrons. The number of fused-ring (bicyclic) bond motifs is 1. The van der Waals surface area contributed by atoms with Gasteiger partial charge in [0.15, 0.2) is 23.0 Å². The van der Waals surface area contributed by atoms with Gasteiger partial charge in [0, 0.05) is 5.57 Å². The summed E-state index contributed by atoms with van der Waals surface area (Å²) in [6.07, 6.45) is 3.51. The van der Waals surface area contributed by atoms with Gasteiger partial charge >= 0.3 is 5.97 Å². The highest BCUT2D eigenvalue weighted by Gasteiger charge is 2.25. The number of esters is 1. The summed E-state index contributed by atoms with van der Waals surface area (Å²) in [7, 11) is 2.92. The summed E-state index contributed by atoms with van der Waals surface area (Å²) in [4.78, 5) is 12.2. The Bertz CT molecular complexity index is 1000. The van der Waals surface area contributed by atoms with Crippen LogP contribution >= 0.6 is 0 Å². The van der Waals surface area contributed by atoms with E-state index in [4.69, 9.17) is 23.7 Å². The van der Waals surface area contributed by atoms with Crippen LogP contribution in [0, 0.1) is 0 Å². The number of carbonyl (C=O) groups is 1. The van der Waals surface area contributed by atoms with E-state index in [-0.39, 0.29) is 24.9 Å². The van der Waals surface area contributed by atoms with E-state index in [1.54, 1.807) is 12.1 Å². The van der Waals surface area contributed by atoms with Gasteiger partial charge in [0.25, 0.3) is 0 Å². The summed E-state index contributed by atoms with van der Waals surface area (Å²) in [5.74, 6) is 1.44. The Morgan fingerprint density at radius 1 is 0.964 bits per heavy atom. The van der Waals surface area contributed by atoms with Crippen LogP contribution in [0.15, 0.2) is 41.5 Å². The molecule has 2 aliphatic rings. The number of carbonyl (C=O) groups excluding carboxylic acids is 1. The molecular weight excluding hydrogens is 364 g/mol. The largest absolute Gasteiger partial charge is 0.504 e. The fourth-order valence-electron chi connectivity index (χ4n) is 3.12. The normalized spacial score (nSPS) is 17.9. The molecule has 7 heteroatoms. The van der Waals surface area contributed by atoms with Gasteiger partial charge in [0.2, 0.25) is 12.5 Å². The van der Waals surface area contributed by atoms with Crippen LogP contribution in [-0.2, 0) is 9.53 Å².